The molecule has 1 fully saturated rings. The van der Waals surface area contributed by atoms with Crippen LogP contribution in [0.1, 0.15) is 21.9 Å². The van der Waals surface area contributed by atoms with Crippen LogP contribution >= 0.6 is 0 Å². The van der Waals surface area contributed by atoms with E-state index in [2.05, 4.69) is 40.2 Å². The second-order valence-electron chi connectivity index (χ2n) is 7.47. The summed E-state index contributed by atoms with van der Waals surface area (Å²) in [7, 11) is 0. The maximum absolute atomic E-state index is 12.9. The lowest BCUT2D eigenvalue weighted by molar-refractivity contribution is 0.0739. The average Bonchev–Trinajstić information content (AvgIpc) is 3.48. The molecule has 0 unspecified atom stereocenters. The maximum atomic E-state index is 12.9. The van der Waals surface area contributed by atoms with E-state index in [4.69, 9.17) is 0 Å². The molecule has 0 radical (unpaired) electrons. The Balaban J connectivity index is 1.24. The molecule has 12 nitrogen and oxygen atoms in total. The van der Waals surface area contributed by atoms with Gasteiger partial charge in [-0.1, -0.05) is 0 Å². The molecule has 162 valence electrons. The molecular weight excluding hydrogens is 410 g/mol. The van der Waals surface area contributed by atoms with Crippen LogP contribution in [0.2, 0.25) is 0 Å². The topological polar surface area (TPSA) is 124 Å². The lowest BCUT2D eigenvalue weighted by Crippen LogP contribution is -2.49. The van der Waals surface area contributed by atoms with Crippen molar-refractivity contribution in [3.05, 3.63) is 60.3 Å². The summed E-state index contributed by atoms with van der Waals surface area (Å²) in [5.74, 6) is 1.88. The SMILES string of the molecule is Cc1cc(C)n(-c2ccc(C(=O)N3CCN(c4cc(-n5cncn5)ncn4)CC3)nn2)n1. The Kier molecular flexibility index (Phi) is 5.01. The highest BCUT2D eigenvalue weighted by atomic mass is 16.2. The van der Waals surface area contributed by atoms with Gasteiger partial charge in [-0.3, -0.25) is 4.79 Å². The molecule has 4 aromatic rings. The van der Waals surface area contributed by atoms with Crippen LogP contribution in [0.5, 0.6) is 0 Å². The Morgan fingerprint density at radius 3 is 2.38 bits per heavy atom. The summed E-state index contributed by atoms with van der Waals surface area (Å²) in [4.78, 5) is 29.3. The first-order chi connectivity index (χ1) is 15.6. The van der Waals surface area contributed by atoms with Crippen LogP contribution in [-0.2, 0) is 0 Å². The predicted octanol–water partition coefficient (Wildman–Crippen LogP) is 0.612. The Morgan fingerprint density at radius 1 is 0.906 bits per heavy atom. The molecule has 0 saturated carbocycles. The van der Waals surface area contributed by atoms with Gasteiger partial charge in [0, 0.05) is 37.9 Å². The minimum Gasteiger partial charge on any atom is -0.353 e. The summed E-state index contributed by atoms with van der Waals surface area (Å²) in [6.07, 6.45) is 4.55. The number of aryl methyl sites for hydroxylation is 2. The molecule has 5 rings (SSSR count). The summed E-state index contributed by atoms with van der Waals surface area (Å²) in [5, 5.41) is 16.8. The van der Waals surface area contributed by atoms with Gasteiger partial charge < -0.3 is 9.80 Å². The minimum absolute atomic E-state index is 0.136. The van der Waals surface area contributed by atoms with Crippen LogP contribution in [-0.4, -0.2) is 81.7 Å². The number of anilines is 1. The molecule has 1 aliphatic heterocycles. The zero-order chi connectivity index (χ0) is 22.1. The van der Waals surface area contributed by atoms with Crippen molar-refractivity contribution in [2.45, 2.75) is 13.8 Å². The molecule has 0 spiro atoms. The molecule has 0 atom stereocenters. The largest absolute Gasteiger partial charge is 0.353 e. The molecule has 1 aliphatic rings. The van der Waals surface area contributed by atoms with Gasteiger partial charge >= 0.3 is 0 Å². The van der Waals surface area contributed by atoms with E-state index < -0.39 is 0 Å². The zero-order valence-electron chi connectivity index (χ0n) is 17.7. The number of piperazine rings is 1. The van der Waals surface area contributed by atoms with Gasteiger partial charge in [-0.15, -0.1) is 10.2 Å². The Bertz CT molecular complexity index is 1220. The van der Waals surface area contributed by atoms with Gasteiger partial charge in [0.2, 0.25) is 0 Å². The Morgan fingerprint density at radius 2 is 1.72 bits per heavy atom. The third-order valence-corrected chi connectivity index (χ3v) is 5.28. The molecule has 4 aromatic heterocycles. The average molecular weight is 431 g/mol. The number of hydrogen-bond acceptors (Lipinski definition) is 9. The van der Waals surface area contributed by atoms with E-state index in [1.807, 2.05) is 26.0 Å². The molecule has 1 amide bonds. The van der Waals surface area contributed by atoms with Crippen molar-refractivity contribution in [3.63, 3.8) is 0 Å². The minimum atomic E-state index is -0.136. The smallest absolute Gasteiger partial charge is 0.274 e. The number of amides is 1. The lowest BCUT2D eigenvalue weighted by atomic mass is 10.2. The van der Waals surface area contributed by atoms with E-state index in [-0.39, 0.29) is 5.91 Å². The fourth-order valence-corrected chi connectivity index (χ4v) is 3.68. The number of carbonyl (C=O) groups is 1. The zero-order valence-corrected chi connectivity index (χ0v) is 17.7. The summed E-state index contributed by atoms with van der Waals surface area (Å²) >= 11 is 0. The number of rotatable bonds is 4. The third kappa shape index (κ3) is 3.77. The highest BCUT2D eigenvalue weighted by molar-refractivity contribution is 5.92. The normalized spacial score (nSPS) is 14.1. The molecule has 12 heteroatoms. The van der Waals surface area contributed by atoms with Crippen molar-refractivity contribution < 1.29 is 4.79 Å². The quantitative estimate of drug-likeness (QED) is 0.457. The van der Waals surface area contributed by atoms with E-state index in [0.29, 0.717) is 43.5 Å². The molecule has 0 aromatic carbocycles. The van der Waals surface area contributed by atoms with Crippen LogP contribution in [0, 0.1) is 13.8 Å². The van der Waals surface area contributed by atoms with E-state index in [1.54, 1.807) is 32.7 Å². The van der Waals surface area contributed by atoms with Crippen molar-refractivity contribution in [2.75, 3.05) is 31.1 Å². The summed E-state index contributed by atoms with van der Waals surface area (Å²) in [6, 6.07) is 7.28. The highest BCUT2D eigenvalue weighted by Crippen LogP contribution is 2.17. The van der Waals surface area contributed by atoms with Crippen molar-refractivity contribution >= 4 is 11.7 Å². The van der Waals surface area contributed by atoms with Gasteiger partial charge in [-0.05, 0) is 32.0 Å². The molecule has 0 N–H and O–H groups in total. The van der Waals surface area contributed by atoms with Crippen molar-refractivity contribution in [2.24, 2.45) is 0 Å². The first-order valence-electron chi connectivity index (χ1n) is 10.2. The number of nitrogens with zero attached hydrogens (tertiary/aromatic N) is 11. The van der Waals surface area contributed by atoms with Crippen LogP contribution in [0.15, 0.2) is 43.2 Å². The first kappa shape index (κ1) is 19.7. The molecule has 0 aliphatic carbocycles. The first-order valence-corrected chi connectivity index (χ1v) is 10.2. The van der Waals surface area contributed by atoms with Gasteiger partial charge in [0.05, 0.1) is 5.69 Å². The van der Waals surface area contributed by atoms with Gasteiger partial charge in [-0.2, -0.15) is 10.2 Å². The highest BCUT2D eigenvalue weighted by Gasteiger charge is 2.24. The van der Waals surface area contributed by atoms with Crippen molar-refractivity contribution in [1.82, 2.24) is 49.6 Å². The maximum Gasteiger partial charge on any atom is 0.274 e. The second kappa shape index (κ2) is 8.13. The van der Waals surface area contributed by atoms with Crippen LogP contribution in [0.4, 0.5) is 5.82 Å². The van der Waals surface area contributed by atoms with Crippen molar-refractivity contribution in [1.29, 1.82) is 0 Å². The van der Waals surface area contributed by atoms with Gasteiger partial charge in [0.15, 0.2) is 17.3 Å². The predicted molar refractivity (Wildman–Crippen MR) is 114 cm³/mol. The number of carbonyl (C=O) groups excluding carboxylic acids is 1. The van der Waals surface area contributed by atoms with E-state index >= 15 is 0 Å². The molecule has 32 heavy (non-hydrogen) atoms. The second-order valence-corrected chi connectivity index (χ2v) is 7.47. The van der Waals surface area contributed by atoms with Gasteiger partial charge in [0.1, 0.15) is 24.8 Å². The van der Waals surface area contributed by atoms with Crippen LogP contribution in [0.3, 0.4) is 0 Å². The van der Waals surface area contributed by atoms with Gasteiger partial charge in [-0.25, -0.2) is 24.3 Å². The van der Waals surface area contributed by atoms with E-state index in [0.717, 1.165) is 17.2 Å². The fourth-order valence-electron chi connectivity index (χ4n) is 3.68. The molecule has 5 heterocycles. The number of aromatic nitrogens is 9. The third-order valence-electron chi connectivity index (χ3n) is 5.28. The Labute approximate surface area is 183 Å². The van der Waals surface area contributed by atoms with Crippen molar-refractivity contribution in [3.8, 4) is 11.6 Å². The molecular formula is C20H21N11O. The van der Waals surface area contributed by atoms with Crippen LogP contribution in [0.25, 0.3) is 11.6 Å². The van der Waals surface area contributed by atoms with Crippen LogP contribution < -0.4 is 4.90 Å². The van der Waals surface area contributed by atoms with E-state index in [9.17, 15) is 4.79 Å². The monoisotopic (exact) mass is 431 g/mol. The van der Waals surface area contributed by atoms with Gasteiger partial charge in [0.25, 0.3) is 5.91 Å². The van der Waals surface area contributed by atoms with E-state index in [1.165, 1.54) is 12.7 Å². The lowest BCUT2D eigenvalue weighted by Gasteiger charge is -2.35. The summed E-state index contributed by atoms with van der Waals surface area (Å²) in [6.45, 7) is 6.29. The summed E-state index contributed by atoms with van der Waals surface area (Å²) < 4.78 is 3.30. The molecule has 0 bridgehead atoms. The summed E-state index contributed by atoms with van der Waals surface area (Å²) in [5.41, 5.74) is 2.18. The Hall–Kier alpha value is -4.22. The fraction of sp³-hybridized carbons (Fsp3) is 0.300. The number of hydrogen-bond donors (Lipinski definition) is 0. The molecule has 1 saturated heterocycles. The standard InChI is InChI=1S/C20H21N11O/c1-14-9-15(2)31(27-14)17-4-3-16(25-26-17)20(32)29-7-5-28(6-8-29)18-10-19(23-12-22-18)30-13-21-11-24-30/h3-4,9-13H,5-8H2,1-2H3.